The molecule has 2 aliphatic carbocycles. The lowest BCUT2D eigenvalue weighted by Crippen LogP contribution is -2.58. The summed E-state index contributed by atoms with van der Waals surface area (Å²) in [7, 11) is 0. The van der Waals surface area contributed by atoms with Crippen LogP contribution in [0.4, 0.5) is 0 Å². The number of nitrogens with one attached hydrogen (secondary N) is 1. The zero-order valence-corrected chi connectivity index (χ0v) is 13.1. The van der Waals surface area contributed by atoms with Gasteiger partial charge >= 0.3 is 0 Å². The maximum absolute atomic E-state index is 12.8. The Labute approximate surface area is 123 Å². The molecule has 20 heavy (non-hydrogen) atoms. The zero-order valence-electron chi connectivity index (χ0n) is 13.1. The quantitative estimate of drug-likeness (QED) is 0.857. The minimum Gasteiger partial charge on any atom is -0.337 e. The summed E-state index contributed by atoms with van der Waals surface area (Å²) >= 11 is 0. The summed E-state index contributed by atoms with van der Waals surface area (Å²) < 4.78 is 0. The second-order valence-corrected chi connectivity index (χ2v) is 7.26. The molecule has 114 valence electrons. The van der Waals surface area contributed by atoms with Gasteiger partial charge in [0.25, 0.3) is 0 Å². The largest absolute Gasteiger partial charge is 0.337 e. The predicted molar refractivity (Wildman–Crippen MR) is 81.4 cm³/mol. The first-order valence-corrected chi connectivity index (χ1v) is 8.74. The smallest absolute Gasteiger partial charge is 0.223 e. The minimum absolute atomic E-state index is 0.420. The summed E-state index contributed by atoms with van der Waals surface area (Å²) in [6.45, 7) is 6.32. The van der Waals surface area contributed by atoms with Crippen molar-refractivity contribution >= 4 is 5.91 Å². The zero-order chi connectivity index (χ0) is 14.1. The third-order valence-electron chi connectivity index (χ3n) is 6.11. The van der Waals surface area contributed by atoms with Crippen LogP contribution in [-0.4, -0.2) is 36.0 Å². The number of carbonyl (C=O) groups is 1. The average Bonchev–Trinajstić information content (AvgIpc) is 3.09. The van der Waals surface area contributed by atoms with Gasteiger partial charge in [-0.1, -0.05) is 20.3 Å². The fraction of sp³-hybridized carbons (Fsp3) is 0.941. The fourth-order valence-electron chi connectivity index (χ4n) is 4.78. The molecule has 3 aliphatic rings. The average molecular weight is 278 g/mol. The van der Waals surface area contributed by atoms with E-state index in [0.29, 0.717) is 23.9 Å². The summed E-state index contributed by atoms with van der Waals surface area (Å²) in [6.07, 6.45) is 8.58. The maximum Gasteiger partial charge on any atom is 0.223 e. The molecule has 3 fully saturated rings. The Kier molecular flexibility index (Phi) is 4.34. The van der Waals surface area contributed by atoms with Crippen LogP contribution in [-0.2, 0) is 4.79 Å². The maximum atomic E-state index is 12.8. The highest BCUT2D eigenvalue weighted by Gasteiger charge is 2.41. The molecule has 0 aromatic carbocycles. The van der Waals surface area contributed by atoms with Crippen LogP contribution in [0.25, 0.3) is 0 Å². The van der Waals surface area contributed by atoms with E-state index in [2.05, 4.69) is 24.1 Å². The van der Waals surface area contributed by atoms with Crippen molar-refractivity contribution in [2.45, 2.75) is 70.9 Å². The molecule has 2 saturated carbocycles. The van der Waals surface area contributed by atoms with E-state index in [0.717, 1.165) is 44.2 Å². The summed E-state index contributed by atoms with van der Waals surface area (Å²) in [4.78, 5) is 15.0. The molecule has 1 saturated heterocycles. The van der Waals surface area contributed by atoms with Crippen LogP contribution in [0.2, 0.25) is 0 Å². The fourth-order valence-corrected chi connectivity index (χ4v) is 4.78. The lowest BCUT2D eigenvalue weighted by molar-refractivity contribution is -0.136. The molecule has 1 aliphatic heterocycles. The van der Waals surface area contributed by atoms with E-state index in [-0.39, 0.29) is 0 Å². The number of hydrogen-bond acceptors (Lipinski definition) is 2. The summed E-state index contributed by atoms with van der Waals surface area (Å²) in [6, 6.07) is 0.922. The normalized spacial score (nSPS) is 40.3. The van der Waals surface area contributed by atoms with Gasteiger partial charge in [-0.15, -0.1) is 0 Å². The number of rotatable bonds is 4. The van der Waals surface area contributed by atoms with E-state index >= 15 is 0 Å². The molecule has 5 atom stereocenters. The second-order valence-electron chi connectivity index (χ2n) is 7.26. The molecule has 0 aromatic heterocycles. The molecule has 1 N–H and O–H groups in total. The van der Waals surface area contributed by atoms with Crippen molar-refractivity contribution in [1.82, 2.24) is 10.2 Å². The standard InChI is InChI=1S/C17H30N2O/c1-3-15-11-19(16(4-2)10-18-15)17(20)9-14-8-12-5-6-13(14)7-12/h12-16,18H,3-11H2,1-2H3. The Morgan fingerprint density at radius 3 is 2.65 bits per heavy atom. The predicted octanol–water partition coefficient (Wildman–Crippen LogP) is 2.80. The lowest BCUT2D eigenvalue weighted by Gasteiger charge is -2.40. The number of amides is 1. The van der Waals surface area contributed by atoms with E-state index in [4.69, 9.17) is 0 Å². The Morgan fingerprint density at radius 2 is 2.05 bits per heavy atom. The highest BCUT2D eigenvalue weighted by Crippen LogP contribution is 2.49. The molecule has 1 heterocycles. The van der Waals surface area contributed by atoms with Crippen molar-refractivity contribution in [2.24, 2.45) is 17.8 Å². The number of carbonyl (C=O) groups excluding carboxylic acids is 1. The van der Waals surface area contributed by atoms with Gasteiger partial charge in [0.15, 0.2) is 0 Å². The molecule has 5 unspecified atom stereocenters. The van der Waals surface area contributed by atoms with Crippen molar-refractivity contribution in [2.75, 3.05) is 13.1 Å². The molecule has 2 bridgehead atoms. The van der Waals surface area contributed by atoms with Crippen LogP contribution in [0.15, 0.2) is 0 Å². The van der Waals surface area contributed by atoms with E-state index in [1.165, 1.54) is 25.7 Å². The Balaban J connectivity index is 1.59. The van der Waals surface area contributed by atoms with Gasteiger partial charge in [0, 0.05) is 31.6 Å². The van der Waals surface area contributed by atoms with Crippen LogP contribution in [0.5, 0.6) is 0 Å². The summed E-state index contributed by atoms with van der Waals surface area (Å²) in [5, 5.41) is 3.58. The van der Waals surface area contributed by atoms with E-state index in [1.54, 1.807) is 0 Å². The number of hydrogen-bond donors (Lipinski definition) is 1. The molecule has 1 amide bonds. The number of fused-ring (bicyclic) bond motifs is 2. The highest BCUT2D eigenvalue weighted by molar-refractivity contribution is 5.77. The molecule has 0 aromatic rings. The molecular formula is C17H30N2O. The number of nitrogens with zero attached hydrogens (tertiary/aromatic N) is 1. The van der Waals surface area contributed by atoms with Gasteiger partial charge in [-0.25, -0.2) is 0 Å². The van der Waals surface area contributed by atoms with Crippen molar-refractivity contribution in [1.29, 1.82) is 0 Å². The van der Waals surface area contributed by atoms with Gasteiger partial charge in [0.1, 0.15) is 0 Å². The minimum atomic E-state index is 0.420. The highest BCUT2D eigenvalue weighted by atomic mass is 16.2. The summed E-state index contributed by atoms with van der Waals surface area (Å²) in [5.41, 5.74) is 0. The topological polar surface area (TPSA) is 32.3 Å². The van der Waals surface area contributed by atoms with Crippen molar-refractivity contribution in [3.05, 3.63) is 0 Å². The Bertz CT molecular complexity index is 357. The van der Waals surface area contributed by atoms with Crippen LogP contribution in [0.1, 0.15) is 58.8 Å². The van der Waals surface area contributed by atoms with Crippen LogP contribution in [0.3, 0.4) is 0 Å². The van der Waals surface area contributed by atoms with Gasteiger partial charge in [0.2, 0.25) is 5.91 Å². The third-order valence-corrected chi connectivity index (χ3v) is 6.11. The molecule has 3 nitrogen and oxygen atoms in total. The lowest BCUT2D eigenvalue weighted by atomic mass is 9.86. The van der Waals surface area contributed by atoms with Crippen molar-refractivity contribution < 1.29 is 4.79 Å². The third kappa shape index (κ3) is 2.74. The van der Waals surface area contributed by atoms with Crippen molar-refractivity contribution in [3.63, 3.8) is 0 Å². The van der Waals surface area contributed by atoms with Crippen LogP contribution < -0.4 is 5.32 Å². The monoisotopic (exact) mass is 278 g/mol. The van der Waals surface area contributed by atoms with E-state index in [9.17, 15) is 4.79 Å². The molecule has 3 rings (SSSR count). The first-order chi connectivity index (χ1) is 9.71. The molecule has 3 heteroatoms. The van der Waals surface area contributed by atoms with Gasteiger partial charge < -0.3 is 10.2 Å². The van der Waals surface area contributed by atoms with E-state index in [1.807, 2.05) is 0 Å². The summed E-state index contributed by atoms with van der Waals surface area (Å²) in [5.74, 6) is 2.96. The molecule has 0 radical (unpaired) electrons. The van der Waals surface area contributed by atoms with Gasteiger partial charge in [-0.3, -0.25) is 4.79 Å². The van der Waals surface area contributed by atoms with Crippen molar-refractivity contribution in [3.8, 4) is 0 Å². The van der Waals surface area contributed by atoms with Crippen LogP contribution >= 0.6 is 0 Å². The van der Waals surface area contributed by atoms with Gasteiger partial charge in [-0.05, 0) is 49.9 Å². The van der Waals surface area contributed by atoms with Crippen LogP contribution in [0, 0.1) is 17.8 Å². The first-order valence-electron chi connectivity index (χ1n) is 8.74. The SMILES string of the molecule is CCC1CN(C(=O)CC2CC3CCC2C3)C(CC)CN1. The first kappa shape index (κ1) is 14.4. The van der Waals surface area contributed by atoms with Gasteiger partial charge in [0.05, 0.1) is 0 Å². The molecule has 0 spiro atoms. The number of piperazine rings is 1. The van der Waals surface area contributed by atoms with Gasteiger partial charge in [-0.2, -0.15) is 0 Å². The Hall–Kier alpha value is -0.570. The Morgan fingerprint density at radius 1 is 1.20 bits per heavy atom. The second kappa shape index (κ2) is 6.05. The molecular weight excluding hydrogens is 248 g/mol. The van der Waals surface area contributed by atoms with E-state index < -0.39 is 0 Å².